The minimum atomic E-state index is -0.996. The number of benzene rings is 2. The van der Waals surface area contributed by atoms with E-state index < -0.39 is 5.97 Å². The van der Waals surface area contributed by atoms with Gasteiger partial charge in [-0.15, -0.1) is 0 Å². The molecule has 0 aliphatic rings. The zero-order valence-electron chi connectivity index (χ0n) is 14.9. The fourth-order valence-corrected chi connectivity index (χ4v) is 3.03. The highest BCUT2D eigenvalue weighted by molar-refractivity contribution is 5.89. The number of rotatable bonds is 7. The Balaban J connectivity index is 1.53. The number of nitrogens with zero attached hydrogens (tertiary/aromatic N) is 2. The number of aromatic carboxylic acids is 1. The van der Waals surface area contributed by atoms with Gasteiger partial charge in [-0.3, -0.25) is 4.79 Å². The second kappa shape index (κ2) is 7.99. The van der Waals surface area contributed by atoms with Crippen molar-refractivity contribution in [3.63, 3.8) is 0 Å². The first-order chi connectivity index (χ1) is 13.0. The van der Waals surface area contributed by atoms with Crippen LogP contribution in [-0.2, 0) is 24.7 Å². The lowest BCUT2D eigenvalue weighted by molar-refractivity contribution is -0.121. The van der Waals surface area contributed by atoms with Gasteiger partial charge in [0, 0.05) is 26.4 Å². The number of carbonyl (C=O) groups excluding carboxylic acids is 1. The highest BCUT2D eigenvalue weighted by Crippen LogP contribution is 2.16. The smallest absolute Gasteiger partial charge is 0.335 e. The first kappa shape index (κ1) is 18.6. The van der Waals surface area contributed by atoms with E-state index in [1.54, 1.807) is 24.3 Å². The standard InChI is InChI=1S/C20H20FN3O3/c1-24-17-12-14(21)7-8-16(17)23-18(24)10-11-22-19(25)9-6-13-4-2-3-5-15(13)20(26)27/h2-5,7-8,12H,6,9-11H2,1H3,(H,22,25)(H,26,27). The molecule has 3 rings (SSSR count). The number of aromatic nitrogens is 2. The van der Waals surface area contributed by atoms with Crippen molar-refractivity contribution in [1.29, 1.82) is 0 Å². The molecule has 27 heavy (non-hydrogen) atoms. The molecule has 0 saturated carbocycles. The minimum absolute atomic E-state index is 0.153. The number of nitrogens with one attached hydrogen (secondary N) is 1. The van der Waals surface area contributed by atoms with Crippen LogP contribution in [-0.4, -0.2) is 33.1 Å². The van der Waals surface area contributed by atoms with Gasteiger partial charge in [0.2, 0.25) is 5.91 Å². The molecule has 0 unspecified atom stereocenters. The monoisotopic (exact) mass is 369 g/mol. The van der Waals surface area contributed by atoms with E-state index in [1.165, 1.54) is 18.2 Å². The number of amides is 1. The third kappa shape index (κ3) is 4.31. The van der Waals surface area contributed by atoms with Crippen molar-refractivity contribution >= 4 is 22.9 Å². The quantitative estimate of drug-likeness (QED) is 0.671. The number of hydrogen-bond acceptors (Lipinski definition) is 3. The molecule has 6 nitrogen and oxygen atoms in total. The Bertz CT molecular complexity index is 997. The van der Waals surface area contributed by atoms with Gasteiger partial charge in [0.05, 0.1) is 16.6 Å². The summed E-state index contributed by atoms with van der Waals surface area (Å²) in [6.45, 7) is 0.402. The molecule has 0 radical (unpaired) electrons. The molecule has 1 amide bonds. The Hall–Kier alpha value is -3.22. The lowest BCUT2D eigenvalue weighted by Gasteiger charge is -2.07. The van der Waals surface area contributed by atoms with E-state index in [1.807, 2.05) is 11.6 Å². The van der Waals surface area contributed by atoms with E-state index in [4.69, 9.17) is 5.11 Å². The maximum Gasteiger partial charge on any atom is 0.335 e. The summed E-state index contributed by atoms with van der Waals surface area (Å²) in [6.07, 6.45) is 1.09. The lowest BCUT2D eigenvalue weighted by atomic mass is 10.0. The molecule has 0 saturated heterocycles. The molecule has 3 aromatic rings. The van der Waals surface area contributed by atoms with Gasteiger partial charge >= 0.3 is 5.97 Å². The molecule has 1 aromatic heterocycles. The van der Waals surface area contributed by atoms with Crippen LogP contribution >= 0.6 is 0 Å². The molecule has 1 heterocycles. The van der Waals surface area contributed by atoms with E-state index in [-0.39, 0.29) is 23.7 Å². The van der Waals surface area contributed by atoms with Gasteiger partial charge in [0.15, 0.2) is 0 Å². The van der Waals surface area contributed by atoms with E-state index in [2.05, 4.69) is 10.3 Å². The van der Waals surface area contributed by atoms with Crippen molar-refractivity contribution < 1.29 is 19.1 Å². The van der Waals surface area contributed by atoms with Crippen molar-refractivity contribution in [3.05, 3.63) is 65.2 Å². The predicted octanol–water partition coefficient (Wildman–Crippen LogP) is 2.70. The molecule has 140 valence electrons. The Morgan fingerprint density at radius 1 is 1.19 bits per heavy atom. The SMILES string of the molecule is Cn1c(CCNC(=O)CCc2ccccc2C(=O)O)nc2ccc(F)cc21. The van der Waals surface area contributed by atoms with Crippen molar-refractivity contribution in [2.75, 3.05) is 6.54 Å². The maximum atomic E-state index is 13.4. The van der Waals surface area contributed by atoms with Crippen LogP contribution in [0.1, 0.15) is 28.2 Å². The number of fused-ring (bicyclic) bond motifs is 1. The molecule has 0 aliphatic heterocycles. The highest BCUT2D eigenvalue weighted by Gasteiger charge is 2.12. The minimum Gasteiger partial charge on any atom is -0.478 e. The molecule has 0 bridgehead atoms. The largest absolute Gasteiger partial charge is 0.478 e. The van der Waals surface area contributed by atoms with Crippen LogP contribution in [0.15, 0.2) is 42.5 Å². The third-order valence-corrected chi connectivity index (χ3v) is 4.48. The third-order valence-electron chi connectivity index (χ3n) is 4.48. The zero-order valence-corrected chi connectivity index (χ0v) is 14.9. The number of imidazole rings is 1. The number of carboxylic acids is 1. The van der Waals surface area contributed by atoms with Crippen LogP contribution in [0.4, 0.5) is 4.39 Å². The van der Waals surface area contributed by atoms with Crippen LogP contribution in [0.5, 0.6) is 0 Å². The summed E-state index contributed by atoms with van der Waals surface area (Å²) in [5.74, 6) is -0.705. The molecule has 0 spiro atoms. The number of carbonyl (C=O) groups is 2. The van der Waals surface area contributed by atoms with Crippen LogP contribution in [0.25, 0.3) is 11.0 Å². The number of carboxylic acid groups (broad SMARTS) is 1. The van der Waals surface area contributed by atoms with Gasteiger partial charge in [0.1, 0.15) is 11.6 Å². The van der Waals surface area contributed by atoms with Crippen molar-refractivity contribution in [3.8, 4) is 0 Å². The Kier molecular flexibility index (Phi) is 5.49. The van der Waals surface area contributed by atoms with Crippen molar-refractivity contribution in [1.82, 2.24) is 14.9 Å². The molecule has 0 aliphatic carbocycles. The predicted molar refractivity (Wildman–Crippen MR) is 99.1 cm³/mol. The van der Waals surface area contributed by atoms with Gasteiger partial charge in [-0.2, -0.15) is 0 Å². The fraction of sp³-hybridized carbons (Fsp3) is 0.250. The van der Waals surface area contributed by atoms with E-state index >= 15 is 0 Å². The molecule has 2 N–H and O–H groups in total. The summed E-state index contributed by atoms with van der Waals surface area (Å²) in [5, 5.41) is 12.0. The number of hydrogen-bond donors (Lipinski definition) is 2. The van der Waals surface area contributed by atoms with Crippen molar-refractivity contribution in [2.45, 2.75) is 19.3 Å². The lowest BCUT2D eigenvalue weighted by Crippen LogP contribution is -2.26. The second-order valence-electron chi connectivity index (χ2n) is 6.28. The van der Waals surface area contributed by atoms with Gasteiger partial charge < -0.3 is 15.0 Å². The Morgan fingerprint density at radius 3 is 2.74 bits per heavy atom. The molecule has 7 heteroatoms. The van der Waals surface area contributed by atoms with Gasteiger partial charge in [0.25, 0.3) is 0 Å². The van der Waals surface area contributed by atoms with Crippen LogP contribution in [0.2, 0.25) is 0 Å². The van der Waals surface area contributed by atoms with Crippen LogP contribution < -0.4 is 5.32 Å². The average molecular weight is 369 g/mol. The first-order valence-corrected chi connectivity index (χ1v) is 8.64. The van der Waals surface area contributed by atoms with E-state index in [9.17, 15) is 14.0 Å². The number of halogens is 1. The Morgan fingerprint density at radius 2 is 1.96 bits per heavy atom. The maximum absolute atomic E-state index is 13.4. The summed E-state index contributed by atoms with van der Waals surface area (Å²) in [7, 11) is 1.81. The summed E-state index contributed by atoms with van der Waals surface area (Å²) in [4.78, 5) is 27.7. The van der Waals surface area contributed by atoms with Gasteiger partial charge in [-0.25, -0.2) is 14.2 Å². The average Bonchev–Trinajstić information content (AvgIpc) is 2.96. The molecule has 2 aromatic carbocycles. The summed E-state index contributed by atoms with van der Waals surface area (Å²) < 4.78 is 15.2. The second-order valence-corrected chi connectivity index (χ2v) is 6.28. The van der Waals surface area contributed by atoms with Gasteiger partial charge in [-0.05, 0) is 36.2 Å². The van der Waals surface area contributed by atoms with Crippen LogP contribution in [0, 0.1) is 5.82 Å². The Labute approximate surface area is 155 Å². The summed E-state index contributed by atoms with van der Waals surface area (Å²) >= 11 is 0. The topological polar surface area (TPSA) is 84.2 Å². The molecular formula is C20H20FN3O3. The fourth-order valence-electron chi connectivity index (χ4n) is 3.03. The molecule has 0 atom stereocenters. The van der Waals surface area contributed by atoms with Gasteiger partial charge in [-0.1, -0.05) is 18.2 Å². The van der Waals surface area contributed by atoms with Crippen LogP contribution in [0.3, 0.4) is 0 Å². The first-order valence-electron chi connectivity index (χ1n) is 8.64. The normalized spacial score (nSPS) is 10.9. The molecular weight excluding hydrogens is 349 g/mol. The zero-order chi connectivity index (χ0) is 19.4. The van der Waals surface area contributed by atoms with E-state index in [0.717, 1.165) is 5.82 Å². The molecule has 0 fully saturated rings. The summed E-state index contributed by atoms with van der Waals surface area (Å²) in [6, 6.07) is 11.1. The highest BCUT2D eigenvalue weighted by atomic mass is 19.1. The summed E-state index contributed by atoms with van der Waals surface area (Å²) in [5.41, 5.74) is 2.28. The van der Waals surface area contributed by atoms with E-state index in [0.29, 0.717) is 36.0 Å². The van der Waals surface area contributed by atoms with Crippen molar-refractivity contribution in [2.24, 2.45) is 7.05 Å². The number of aryl methyl sites for hydroxylation is 2.